The van der Waals surface area contributed by atoms with Crippen molar-refractivity contribution in [2.75, 3.05) is 56.6 Å². The van der Waals surface area contributed by atoms with Gasteiger partial charge in [0.1, 0.15) is 11.8 Å². The van der Waals surface area contributed by atoms with Gasteiger partial charge in [0, 0.05) is 56.1 Å². The van der Waals surface area contributed by atoms with Crippen molar-refractivity contribution in [3.63, 3.8) is 0 Å². The number of anilines is 3. The molecule has 10 heteroatoms. The smallest absolute Gasteiger partial charge is 0.274 e. The Morgan fingerprint density at radius 3 is 2.84 bits per heavy atom. The van der Waals surface area contributed by atoms with Gasteiger partial charge in [0.15, 0.2) is 0 Å². The zero-order chi connectivity index (χ0) is 26.0. The van der Waals surface area contributed by atoms with Gasteiger partial charge in [-0.3, -0.25) is 9.69 Å². The van der Waals surface area contributed by atoms with Gasteiger partial charge in [-0.1, -0.05) is 6.92 Å². The lowest BCUT2D eigenvalue weighted by atomic mass is 9.83. The van der Waals surface area contributed by atoms with Crippen molar-refractivity contribution in [2.24, 2.45) is 0 Å². The average molecular weight is 502 g/mol. The van der Waals surface area contributed by atoms with Crippen LogP contribution in [0.2, 0.25) is 0 Å². The van der Waals surface area contributed by atoms with Crippen molar-refractivity contribution >= 4 is 17.3 Å². The van der Waals surface area contributed by atoms with Gasteiger partial charge in [-0.05, 0) is 42.3 Å². The molecule has 1 saturated heterocycles. The third kappa shape index (κ3) is 5.06. The Hall–Kier alpha value is -3.78. The van der Waals surface area contributed by atoms with Crippen LogP contribution < -0.4 is 16.2 Å². The molecule has 0 bridgehead atoms. The number of aromatic nitrogens is 3. The third-order valence-corrected chi connectivity index (χ3v) is 7.09. The van der Waals surface area contributed by atoms with Crippen molar-refractivity contribution in [3.05, 3.63) is 63.7 Å². The molecular weight excluding hydrogens is 470 g/mol. The summed E-state index contributed by atoms with van der Waals surface area (Å²) >= 11 is 0. The molecule has 1 aromatic carbocycles. The van der Waals surface area contributed by atoms with Gasteiger partial charge in [0.25, 0.3) is 5.56 Å². The highest BCUT2D eigenvalue weighted by atomic mass is 16.5. The topological polar surface area (TPSA) is 128 Å². The molecule has 3 N–H and O–H groups in total. The Morgan fingerprint density at radius 1 is 1.27 bits per heavy atom. The Labute approximate surface area is 215 Å². The van der Waals surface area contributed by atoms with Gasteiger partial charge < -0.3 is 25.0 Å². The summed E-state index contributed by atoms with van der Waals surface area (Å²) in [5.41, 5.74) is 4.24. The lowest BCUT2D eigenvalue weighted by Crippen LogP contribution is -2.39. The van der Waals surface area contributed by atoms with Crippen LogP contribution in [0, 0.1) is 18.3 Å². The number of nitriles is 1. The second-order valence-corrected chi connectivity index (χ2v) is 9.90. The highest BCUT2D eigenvalue weighted by Crippen LogP contribution is 2.41. The molecule has 0 aliphatic carbocycles. The SMILES string of the molecule is Cc1cc(Nc2nccc(-c3cc(C#N)c4c(c3)[C@@](C)(CO)CN4)n2)c(=O)n(CCN2CCOCC2)c1. The quantitative estimate of drug-likeness (QED) is 0.446. The van der Waals surface area contributed by atoms with Gasteiger partial charge in [-0.2, -0.15) is 5.26 Å². The van der Waals surface area contributed by atoms with E-state index < -0.39 is 5.41 Å². The van der Waals surface area contributed by atoms with E-state index in [1.807, 2.05) is 26.1 Å². The minimum absolute atomic E-state index is 0.0386. The number of aliphatic hydroxyl groups excluding tert-OH is 1. The van der Waals surface area contributed by atoms with Crippen molar-refractivity contribution in [3.8, 4) is 17.3 Å². The zero-order valence-corrected chi connectivity index (χ0v) is 21.1. The van der Waals surface area contributed by atoms with Crippen LogP contribution in [0.3, 0.4) is 0 Å². The molecule has 3 aromatic rings. The number of hydrogen-bond acceptors (Lipinski definition) is 9. The normalized spacial score (nSPS) is 19.2. The molecule has 5 rings (SSSR count). The lowest BCUT2D eigenvalue weighted by Gasteiger charge is -2.26. The average Bonchev–Trinajstić information content (AvgIpc) is 3.27. The van der Waals surface area contributed by atoms with Crippen LogP contribution >= 0.6 is 0 Å². The molecule has 0 radical (unpaired) electrons. The summed E-state index contributed by atoms with van der Waals surface area (Å²) in [4.78, 5) is 24.5. The highest BCUT2D eigenvalue weighted by Gasteiger charge is 2.36. The Balaban J connectivity index is 1.41. The first-order chi connectivity index (χ1) is 17.9. The van der Waals surface area contributed by atoms with Crippen LogP contribution in [-0.2, 0) is 16.7 Å². The van der Waals surface area contributed by atoms with Crippen LogP contribution in [0.1, 0.15) is 23.6 Å². The minimum atomic E-state index is -0.487. The fourth-order valence-corrected chi connectivity index (χ4v) is 4.88. The first-order valence-electron chi connectivity index (χ1n) is 12.5. The molecule has 0 spiro atoms. The van der Waals surface area contributed by atoms with E-state index in [0.717, 1.165) is 55.2 Å². The van der Waals surface area contributed by atoms with Gasteiger partial charge in [0.05, 0.1) is 36.8 Å². The predicted octanol–water partition coefficient (Wildman–Crippen LogP) is 2.24. The van der Waals surface area contributed by atoms with Crippen LogP contribution in [-0.4, -0.2) is 70.5 Å². The fraction of sp³-hybridized carbons (Fsp3) is 0.407. The molecule has 192 valence electrons. The van der Waals surface area contributed by atoms with Crippen LogP contribution in [0.5, 0.6) is 0 Å². The van der Waals surface area contributed by atoms with Crippen molar-refractivity contribution in [2.45, 2.75) is 25.8 Å². The number of aryl methyl sites for hydroxylation is 1. The first kappa shape index (κ1) is 24.9. The monoisotopic (exact) mass is 501 g/mol. The van der Waals surface area contributed by atoms with E-state index in [1.165, 1.54) is 0 Å². The molecule has 0 unspecified atom stereocenters. The van der Waals surface area contributed by atoms with E-state index in [1.54, 1.807) is 29.0 Å². The Morgan fingerprint density at radius 2 is 2.08 bits per heavy atom. The number of fused-ring (bicyclic) bond motifs is 1. The molecular formula is C27H31N7O3. The zero-order valence-electron chi connectivity index (χ0n) is 21.1. The summed E-state index contributed by atoms with van der Waals surface area (Å²) in [7, 11) is 0. The number of pyridine rings is 1. The van der Waals surface area contributed by atoms with E-state index >= 15 is 0 Å². The molecule has 0 amide bonds. The molecule has 2 aliphatic rings. The van der Waals surface area contributed by atoms with E-state index in [2.05, 4.69) is 31.6 Å². The number of nitrogens with one attached hydrogen (secondary N) is 2. The van der Waals surface area contributed by atoms with Gasteiger partial charge in [-0.15, -0.1) is 0 Å². The fourth-order valence-electron chi connectivity index (χ4n) is 4.88. The van der Waals surface area contributed by atoms with Gasteiger partial charge >= 0.3 is 0 Å². The maximum Gasteiger partial charge on any atom is 0.274 e. The molecule has 2 aromatic heterocycles. The summed E-state index contributed by atoms with van der Waals surface area (Å²) in [5.74, 6) is 0.294. The second-order valence-electron chi connectivity index (χ2n) is 9.90. The number of nitrogens with zero attached hydrogens (tertiary/aromatic N) is 5. The summed E-state index contributed by atoms with van der Waals surface area (Å²) in [6.07, 6.45) is 3.49. The first-order valence-corrected chi connectivity index (χ1v) is 12.5. The Kier molecular flexibility index (Phi) is 6.93. The maximum atomic E-state index is 13.2. The number of aliphatic hydroxyl groups is 1. The number of hydrogen-bond donors (Lipinski definition) is 3. The summed E-state index contributed by atoms with van der Waals surface area (Å²) in [6.45, 7) is 8.98. The number of rotatable bonds is 7. The molecule has 10 nitrogen and oxygen atoms in total. The molecule has 1 fully saturated rings. The Bertz CT molecular complexity index is 1410. The van der Waals surface area contributed by atoms with E-state index in [0.29, 0.717) is 36.0 Å². The molecule has 37 heavy (non-hydrogen) atoms. The van der Waals surface area contributed by atoms with Crippen LogP contribution in [0.4, 0.5) is 17.3 Å². The van der Waals surface area contributed by atoms with E-state index in [4.69, 9.17) is 4.74 Å². The minimum Gasteiger partial charge on any atom is -0.395 e. The molecule has 1 atom stereocenters. The second kappa shape index (κ2) is 10.3. The summed E-state index contributed by atoms with van der Waals surface area (Å²) < 4.78 is 7.13. The third-order valence-electron chi connectivity index (χ3n) is 7.09. The number of morpholine rings is 1. The van der Waals surface area contributed by atoms with Crippen molar-refractivity contribution in [1.82, 2.24) is 19.4 Å². The largest absolute Gasteiger partial charge is 0.395 e. The number of ether oxygens (including phenoxy) is 1. The summed E-state index contributed by atoms with van der Waals surface area (Å²) in [5, 5.41) is 26.1. The van der Waals surface area contributed by atoms with Crippen LogP contribution in [0.15, 0.2) is 41.5 Å². The van der Waals surface area contributed by atoms with E-state index in [9.17, 15) is 15.2 Å². The van der Waals surface area contributed by atoms with E-state index in [-0.39, 0.29) is 12.2 Å². The molecule has 2 aliphatic heterocycles. The highest BCUT2D eigenvalue weighted by molar-refractivity contribution is 5.76. The van der Waals surface area contributed by atoms with Crippen molar-refractivity contribution < 1.29 is 9.84 Å². The van der Waals surface area contributed by atoms with Crippen LogP contribution in [0.25, 0.3) is 11.3 Å². The number of benzene rings is 1. The van der Waals surface area contributed by atoms with Gasteiger partial charge in [-0.25, -0.2) is 9.97 Å². The van der Waals surface area contributed by atoms with Crippen molar-refractivity contribution in [1.29, 1.82) is 5.26 Å². The summed E-state index contributed by atoms with van der Waals surface area (Å²) in [6, 6.07) is 9.56. The lowest BCUT2D eigenvalue weighted by molar-refractivity contribution is 0.0363. The maximum absolute atomic E-state index is 13.2. The predicted molar refractivity (Wildman–Crippen MR) is 141 cm³/mol. The standard InChI is InChI=1S/C27H31N7O3/c1-18-11-23(25(36)34(15-18)6-5-33-7-9-37-10-8-33)32-26-29-4-3-22(31-26)19-12-20(14-28)24-21(13-19)27(2,17-35)16-30-24/h3-4,11-13,15,30,35H,5-10,16-17H2,1-2H3,(H,29,31,32)/t27-/m1/s1. The molecule has 0 saturated carbocycles. The van der Waals surface area contributed by atoms with Gasteiger partial charge in [0.2, 0.25) is 5.95 Å². The molecule has 4 heterocycles.